The van der Waals surface area contributed by atoms with E-state index in [1.54, 1.807) is 30.3 Å². The lowest BCUT2D eigenvalue weighted by Crippen LogP contribution is -2.24. The van der Waals surface area contributed by atoms with Gasteiger partial charge in [-0.15, -0.1) is 0 Å². The number of benzene rings is 4. The Kier molecular flexibility index (Phi) is 7.91. The fraction of sp³-hybridized carbons (Fsp3) is 0.143. The van der Waals surface area contributed by atoms with E-state index in [-0.39, 0.29) is 25.4 Å². The van der Waals surface area contributed by atoms with Crippen LogP contribution in [0.3, 0.4) is 0 Å². The summed E-state index contributed by atoms with van der Waals surface area (Å²) in [6, 6.07) is 24.2. The highest BCUT2D eigenvalue weighted by Crippen LogP contribution is 2.28. The first-order valence-corrected chi connectivity index (χ1v) is 11.8. The SMILES string of the molecule is O=C(O)CCc1ccc(COc2cc(Cl)ccc2Cl)cc1C(=O)NCc1cccc2ccccc12. The minimum absolute atomic E-state index is 0.0719. The fourth-order valence-corrected chi connectivity index (χ4v) is 4.18. The second-order valence-electron chi connectivity index (χ2n) is 8.07. The number of hydrogen-bond donors (Lipinski definition) is 2. The zero-order valence-electron chi connectivity index (χ0n) is 18.8. The van der Waals surface area contributed by atoms with E-state index in [1.807, 2.05) is 48.5 Å². The lowest BCUT2D eigenvalue weighted by molar-refractivity contribution is -0.136. The van der Waals surface area contributed by atoms with Gasteiger partial charge in [0.15, 0.2) is 0 Å². The number of carbonyl (C=O) groups excluding carboxylic acids is 1. The second kappa shape index (κ2) is 11.3. The first-order valence-electron chi connectivity index (χ1n) is 11.1. The number of nitrogens with one attached hydrogen (secondary N) is 1. The molecule has 0 aliphatic rings. The summed E-state index contributed by atoms with van der Waals surface area (Å²) in [5.74, 6) is -0.757. The molecule has 4 rings (SSSR count). The largest absolute Gasteiger partial charge is 0.487 e. The van der Waals surface area contributed by atoms with Crippen LogP contribution in [-0.4, -0.2) is 17.0 Å². The molecule has 0 spiro atoms. The average molecular weight is 508 g/mol. The van der Waals surface area contributed by atoms with Crippen LogP contribution in [0, 0.1) is 0 Å². The topological polar surface area (TPSA) is 75.6 Å². The molecule has 4 aromatic carbocycles. The Bertz CT molecular complexity index is 1380. The van der Waals surface area contributed by atoms with E-state index in [0.717, 1.165) is 21.9 Å². The summed E-state index contributed by atoms with van der Waals surface area (Å²) in [6.07, 6.45) is 0.172. The van der Waals surface area contributed by atoms with Gasteiger partial charge in [-0.1, -0.05) is 77.8 Å². The smallest absolute Gasteiger partial charge is 0.303 e. The molecule has 0 radical (unpaired) electrons. The molecule has 0 aliphatic heterocycles. The molecule has 178 valence electrons. The number of ether oxygens (including phenoxy) is 1. The second-order valence-corrected chi connectivity index (χ2v) is 8.91. The van der Waals surface area contributed by atoms with E-state index in [2.05, 4.69) is 5.32 Å². The normalized spacial score (nSPS) is 10.8. The predicted molar refractivity (Wildman–Crippen MR) is 138 cm³/mol. The van der Waals surface area contributed by atoms with Crippen LogP contribution in [0.25, 0.3) is 10.8 Å². The Morgan fingerprint density at radius 1 is 0.886 bits per heavy atom. The highest BCUT2D eigenvalue weighted by Gasteiger charge is 2.15. The average Bonchev–Trinajstić information content (AvgIpc) is 2.86. The molecule has 0 unspecified atom stereocenters. The maximum atomic E-state index is 13.2. The molecular weight excluding hydrogens is 485 g/mol. The third-order valence-corrected chi connectivity index (χ3v) is 6.18. The van der Waals surface area contributed by atoms with Gasteiger partial charge < -0.3 is 15.2 Å². The first-order chi connectivity index (χ1) is 16.9. The van der Waals surface area contributed by atoms with Crippen molar-refractivity contribution in [2.75, 3.05) is 0 Å². The van der Waals surface area contributed by atoms with Crippen LogP contribution in [0.2, 0.25) is 10.0 Å². The number of carboxylic acid groups (broad SMARTS) is 1. The monoisotopic (exact) mass is 507 g/mol. The van der Waals surface area contributed by atoms with Crippen molar-refractivity contribution in [3.05, 3.63) is 111 Å². The number of rotatable bonds is 9. The molecule has 35 heavy (non-hydrogen) atoms. The molecule has 0 aromatic heterocycles. The summed E-state index contributed by atoms with van der Waals surface area (Å²) in [5, 5.41) is 15.2. The van der Waals surface area contributed by atoms with Gasteiger partial charge in [-0.25, -0.2) is 0 Å². The van der Waals surface area contributed by atoms with E-state index in [4.69, 9.17) is 33.0 Å². The first kappa shape index (κ1) is 24.6. The minimum atomic E-state index is -0.921. The Hall–Kier alpha value is -3.54. The van der Waals surface area contributed by atoms with E-state index >= 15 is 0 Å². The van der Waals surface area contributed by atoms with Gasteiger partial charge in [-0.2, -0.15) is 0 Å². The number of amides is 1. The van der Waals surface area contributed by atoms with Crippen LogP contribution < -0.4 is 10.1 Å². The van der Waals surface area contributed by atoms with Crippen LogP contribution in [0.4, 0.5) is 0 Å². The zero-order chi connectivity index (χ0) is 24.8. The highest BCUT2D eigenvalue weighted by molar-refractivity contribution is 6.34. The van der Waals surface area contributed by atoms with Crippen molar-refractivity contribution in [3.63, 3.8) is 0 Å². The molecule has 2 N–H and O–H groups in total. The molecule has 7 heteroatoms. The molecule has 4 aromatic rings. The molecule has 0 heterocycles. The Morgan fingerprint density at radius 2 is 1.69 bits per heavy atom. The number of fused-ring (bicyclic) bond motifs is 1. The van der Waals surface area contributed by atoms with Crippen LogP contribution in [0.15, 0.2) is 78.9 Å². The van der Waals surface area contributed by atoms with Gasteiger partial charge >= 0.3 is 5.97 Å². The quantitative estimate of drug-likeness (QED) is 0.265. The number of halogens is 2. The lowest BCUT2D eigenvalue weighted by atomic mass is 9.99. The molecule has 0 fully saturated rings. The fourth-order valence-electron chi connectivity index (χ4n) is 3.85. The van der Waals surface area contributed by atoms with Gasteiger partial charge in [0.1, 0.15) is 12.4 Å². The standard InChI is InChI=1S/C28H23Cl2NO4/c29-22-11-12-25(30)26(15-22)35-17-18-8-9-20(10-13-27(32)33)24(14-18)28(34)31-16-21-6-3-5-19-4-1-2-7-23(19)21/h1-9,11-12,14-15H,10,13,16-17H2,(H,31,34)(H,32,33). The van der Waals surface area contributed by atoms with Crippen LogP contribution in [0.1, 0.15) is 33.5 Å². The summed E-state index contributed by atoms with van der Waals surface area (Å²) in [7, 11) is 0. The van der Waals surface area contributed by atoms with Crippen molar-refractivity contribution in [2.24, 2.45) is 0 Å². The number of aryl methyl sites for hydroxylation is 1. The summed E-state index contributed by atoms with van der Waals surface area (Å²) in [5.41, 5.74) is 2.83. The number of aliphatic carboxylic acids is 1. The Labute approximate surface area is 213 Å². The summed E-state index contributed by atoms with van der Waals surface area (Å²) < 4.78 is 5.81. The molecule has 0 bridgehead atoms. The van der Waals surface area contributed by atoms with Crippen LogP contribution >= 0.6 is 23.2 Å². The third kappa shape index (κ3) is 6.32. The third-order valence-electron chi connectivity index (χ3n) is 5.63. The van der Waals surface area contributed by atoms with Crippen molar-refractivity contribution >= 4 is 45.9 Å². The van der Waals surface area contributed by atoms with Crippen molar-refractivity contribution in [1.29, 1.82) is 0 Å². The van der Waals surface area contributed by atoms with E-state index < -0.39 is 5.97 Å². The predicted octanol–water partition coefficient (Wildman–Crippen LogP) is 6.67. The number of carbonyl (C=O) groups is 2. The van der Waals surface area contributed by atoms with Gasteiger partial charge in [0.2, 0.25) is 0 Å². The molecule has 0 aliphatic carbocycles. The van der Waals surface area contributed by atoms with E-state index in [1.165, 1.54) is 0 Å². The van der Waals surface area contributed by atoms with Gasteiger partial charge in [0.05, 0.1) is 5.02 Å². The number of carboxylic acids is 1. The van der Waals surface area contributed by atoms with Gasteiger partial charge in [0.25, 0.3) is 5.91 Å². The van der Waals surface area contributed by atoms with Gasteiger partial charge in [0, 0.05) is 29.6 Å². The molecule has 0 atom stereocenters. The lowest BCUT2D eigenvalue weighted by Gasteiger charge is -2.14. The maximum absolute atomic E-state index is 13.2. The maximum Gasteiger partial charge on any atom is 0.303 e. The van der Waals surface area contributed by atoms with Gasteiger partial charge in [-0.05, 0) is 52.1 Å². The zero-order valence-corrected chi connectivity index (χ0v) is 20.3. The minimum Gasteiger partial charge on any atom is -0.487 e. The molecule has 0 saturated heterocycles. The van der Waals surface area contributed by atoms with E-state index in [9.17, 15) is 9.59 Å². The van der Waals surface area contributed by atoms with Crippen LogP contribution in [0.5, 0.6) is 5.75 Å². The highest BCUT2D eigenvalue weighted by atomic mass is 35.5. The van der Waals surface area contributed by atoms with Gasteiger partial charge in [-0.3, -0.25) is 9.59 Å². The van der Waals surface area contributed by atoms with Crippen molar-refractivity contribution in [1.82, 2.24) is 5.32 Å². The molecular formula is C28H23Cl2NO4. The summed E-state index contributed by atoms with van der Waals surface area (Å²) >= 11 is 12.2. The van der Waals surface area contributed by atoms with E-state index in [0.29, 0.717) is 33.5 Å². The Morgan fingerprint density at radius 3 is 2.51 bits per heavy atom. The Balaban J connectivity index is 1.54. The number of hydrogen-bond acceptors (Lipinski definition) is 3. The summed E-state index contributed by atoms with van der Waals surface area (Å²) in [4.78, 5) is 24.3. The van der Waals surface area contributed by atoms with Crippen molar-refractivity contribution in [2.45, 2.75) is 26.0 Å². The van der Waals surface area contributed by atoms with Crippen molar-refractivity contribution in [3.8, 4) is 5.75 Å². The van der Waals surface area contributed by atoms with Crippen molar-refractivity contribution < 1.29 is 19.4 Å². The summed E-state index contributed by atoms with van der Waals surface area (Å²) in [6.45, 7) is 0.514. The molecule has 0 saturated carbocycles. The molecule has 5 nitrogen and oxygen atoms in total. The van der Waals surface area contributed by atoms with Crippen LogP contribution in [-0.2, 0) is 24.4 Å². The molecule has 1 amide bonds.